The van der Waals surface area contributed by atoms with Gasteiger partial charge >= 0.3 is 0 Å². The van der Waals surface area contributed by atoms with Crippen LogP contribution in [0.1, 0.15) is 5.56 Å². The van der Waals surface area contributed by atoms with Gasteiger partial charge < -0.3 is 10.8 Å². The van der Waals surface area contributed by atoms with E-state index in [0.717, 1.165) is 11.6 Å². The Morgan fingerprint density at radius 1 is 1.00 bits per heavy atom. The Morgan fingerprint density at radius 2 is 1.56 bits per heavy atom. The molecule has 0 aromatic heterocycles. The predicted octanol–water partition coefficient (Wildman–Crippen LogP) is 2.12. The van der Waals surface area contributed by atoms with Crippen molar-refractivity contribution in [2.75, 3.05) is 5.73 Å². The van der Waals surface area contributed by atoms with E-state index < -0.39 is 9.84 Å². The molecular formula is C13H13NO3S. The molecule has 5 heteroatoms. The van der Waals surface area contributed by atoms with E-state index >= 15 is 0 Å². The van der Waals surface area contributed by atoms with Crippen molar-refractivity contribution in [3.05, 3.63) is 48.0 Å². The largest absolute Gasteiger partial charge is 0.506 e. The second kappa shape index (κ2) is 4.34. The number of hydrogen-bond donors (Lipinski definition) is 2. The second-order valence-electron chi connectivity index (χ2n) is 4.04. The Bertz CT molecular complexity index is 676. The van der Waals surface area contributed by atoms with Crippen LogP contribution in [0.25, 0.3) is 0 Å². The molecule has 0 spiro atoms. The van der Waals surface area contributed by atoms with Gasteiger partial charge in [-0.1, -0.05) is 17.7 Å². The fourth-order valence-electron chi connectivity index (χ4n) is 1.54. The summed E-state index contributed by atoms with van der Waals surface area (Å²) in [5, 5.41) is 9.47. The normalized spacial score (nSPS) is 11.4. The third-order valence-corrected chi connectivity index (χ3v) is 4.41. The molecule has 2 rings (SSSR count). The van der Waals surface area contributed by atoms with E-state index in [0.29, 0.717) is 0 Å². The zero-order valence-corrected chi connectivity index (χ0v) is 10.6. The summed E-state index contributed by atoms with van der Waals surface area (Å²) in [5.41, 5.74) is 6.58. The van der Waals surface area contributed by atoms with Crippen LogP contribution in [-0.4, -0.2) is 13.5 Å². The summed E-state index contributed by atoms with van der Waals surface area (Å²) in [6.45, 7) is 1.88. The highest BCUT2D eigenvalue weighted by Gasteiger charge is 2.18. The van der Waals surface area contributed by atoms with Crippen molar-refractivity contribution in [2.45, 2.75) is 16.7 Å². The van der Waals surface area contributed by atoms with E-state index in [1.165, 1.54) is 24.3 Å². The van der Waals surface area contributed by atoms with Gasteiger partial charge in [-0.3, -0.25) is 0 Å². The lowest BCUT2D eigenvalue weighted by Gasteiger charge is -2.06. The third kappa shape index (κ3) is 2.17. The van der Waals surface area contributed by atoms with Gasteiger partial charge in [0.15, 0.2) is 0 Å². The summed E-state index contributed by atoms with van der Waals surface area (Å²) in [4.78, 5) is 0.218. The quantitative estimate of drug-likeness (QED) is 0.642. The zero-order chi connectivity index (χ0) is 13.3. The molecule has 0 saturated heterocycles. The summed E-state index contributed by atoms with van der Waals surface area (Å²) < 4.78 is 24.5. The molecule has 0 bridgehead atoms. The van der Waals surface area contributed by atoms with E-state index in [2.05, 4.69) is 0 Å². The molecule has 0 aliphatic heterocycles. The zero-order valence-electron chi connectivity index (χ0n) is 9.79. The number of phenols is 1. The molecule has 0 amide bonds. The number of aromatic hydroxyl groups is 1. The fraction of sp³-hybridized carbons (Fsp3) is 0.0769. The highest BCUT2D eigenvalue weighted by Crippen LogP contribution is 2.27. The van der Waals surface area contributed by atoms with E-state index in [1.54, 1.807) is 12.1 Å². The molecule has 94 valence electrons. The monoisotopic (exact) mass is 263 g/mol. The lowest BCUT2D eigenvalue weighted by molar-refractivity contribution is 0.476. The van der Waals surface area contributed by atoms with Gasteiger partial charge in [-0.2, -0.15) is 0 Å². The molecule has 0 fully saturated rings. The average Bonchev–Trinajstić information content (AvgIpc) is 2.33. The molecule has 0 radical (unpaired) electrons. The Hall–Kier alpha value is -2.01. The van der Waals surface area contributed by atoms with Gasteiger partial charge in [0.2, 0.25) is 9.84 Å². The number of nitrogen functional groups attached to an aromatic ring is 1. The minimum Gasteiger partial charge on any atom is -0.506 e. The first-order chi connectivity index (χ1) is 8.41. The average molecular weight is 263 g/mol. The van der Waals surface area contributed by atoms with E-state index in [1.807, 2.05) is 6.92 Å². The number of nitrogens with two attached hydrogens (primary N) is 1. The molecule has 0 saturated carbocycles. The highest BCUT2D eigenvalue weighted by molar-refractivity contribution is 7.91. The standard InChI is InChI=1S/C13H13NO3S/c1-9-2-4-10(5-3-9)18(16,17)11-6-7-12(14)13(15)8-11/h2-8,15H,14H2,1H3. The molecule has 0 aliphatic rings. The Morgan fingerprint density at radius 3 is 2.11 bits per heavy atom. The molecule has 0 heterocycles. The van der Waals surface area contributed by atoms with Crippen LogP contribution in [0.2, 0.25) is 0 Å². The van der Waals surface area contributed by atoms with E-state index in [9.17, 15) is 13.5 Å². The van der Waals surface area contributed by atoms with Crippen molar-refractivity contribution < 1.29 is 13.5 Å². The number of rotatable bonds is 2. The number of aryl methyl sites for hydroxylation is 1. The molecule has 2 aromatic rings. The third-order valence-electron chi connectivity index (χ3n) is 2.64. The number of anilines is 1. The van der Waals surface area contributed by atoms with Crippen LogP contribution in [0.15, 0.2) is 52.3 Å². The lowest BCUT2D eigenvalue weighted by atomic mass is 10.2. The van der Waals surface area contributed by atoms with Crippen LogP contribution >= 0.6 is 0 Å². The molecule has 3 N–H and O–H groups in total. The molecular weight excluding hydrogens is 250 g/mol. The van der Waals surface area contributed by atoms with Gasteiger partial charge in [-0.05, 0) is 31.2 Å². The first-order valence-electron chi connectivity index (χ1n) is 5.31. The smallest absolute Gasteiger partial charge is 0.206 e. The second-order valence-corrected chi connectivity index (χ2v) is 5.99. The number of hydrogen-bond acceptors (Lipinski definition) is 4. The van der Waals surface area contributed by atoms with Gasteiger partial charge in [0, 0.05) is 6.07 Å². The van der Waals surface area contributed by atoms with Crippen molar-refractivity contribution >= 4 is 15.5 Å². The first kappa shape index (κ1) is 12.4. The van der Waals surface area contributed by atoms with Gasteiger partial charge in [0.1, 0.15) is 5.75 Å². The maximum Gasteiger partial charge on any atom is 0.206 e. The molecule has 0 aliphatic carbocycles. The Kier molecular flexibility index (Phi) is 3.00. The van der Waals surface area contributed by atoms with Gasteiger partial charge in [-0.15, -0.1) is 0 Å². The summed E-state index contributed by atoms with van der Waals surface area (Å²) in [6.07, 6.45) is 0. The van der Waals surface area contributed by atoms with Gasteiger partial charge in [0.05, 0.1) is 15.5 Å². The number of phenolic OH excluding ortho intramolecular Hbond substituents is 1. The SMILES string of the molecule is Cc1ccc(S(=O)(=O)c2ccc(N)c(O)c2)cc1. The molecule has 4 nitrogen and oxygen atoms in total. The summed E-state index contributed by atoms with van der Waals surface area (Å²) in [5.74, 6) is -0.233. The lowest BCUT2D eigenvalue weighted by Crippen LogP contribution is -2.02. The minimum absolute atomic E-state index is 0.0260. The highest BCUT2D eigenvalue weighted by atomic mass is 32.2. The van der Waals surface area contributed by atoms with Gasteiger partial charge in [-0.25, -0.2) is 8.42 Å². The van der Waals surface area contributed by atoms with Crippen molar-refractivity contribution in [3.63, 3.8) is 0 Å². The molecule has 18 heavy (non-hydrogen) atoms. The molecule has 0 atom stereocenters. The Balaban J connectivity index is 2.54. The minimum atomic E-state index is -3.61. The van der Waals surface area contributed by atoms with E-state index in [-0.39, 0.29) is 21.2 Å². The van der Waals surface area contributed by atoms with Crippen LogP contribution in [0.5, 0.6) is 5.75 Å². The summed E-state index contributed by atoms with van der Waals surface area (Å²) >= 11 is 0. The summed E-state index contributed by atoms with van der Waals surface area (Å²) in [7, 11) is -3.61. The van der Waals surface area contributed by atoms with Crippen molar-refractivity contribution in [3.8, 4) is 5.75 Å². The Labute approximate surface area is 106 Å². The molecule has 0 unspecified atom stereocenters. The maximum atomic E-state index is 12.3. The van der Waals surface area contributed by atoms with Crippen LogP contribution in [0.4, 0.5) is 5.69 Å². The van der Waals surface area contributed by atoms with E-state index in [4.69, 9.17) is 5.73 Å². The van der Waals surface area contributed by atoms with Gasteiger partial charge in [0.25, 0.3) is 0 Å². The summed E-state index contributed by atoms with van der Waals surface area (Å²) in [6, 6.07) is 10.4. The maximum absolute atomic E-state index is 12.3. The number of sulfone groups is 1. The topological polar surface area (TPSA) is 80.4 Å². The van der Waals surface area contributed by atoms with Crippen molar-refractivity contribution in [1.82, 2.24) is 0 Å². The van der Waals surface area contributed by atoms with Crippen LogP contribution in [-0.2, 0) is 9.84 Å². The van der Waals surface area contributed by atoms with Crippen molar-refractivity contribution in [2.24, 2.45) is 0 Å². The van der Waals surface area contributed by atoms with Crippen LogP contribution < -0.4 is 5.73 Å². The van der Waals surface area contributed by atoms with Crippen LogP contribution in [0.3, 0.4) is 0 Å². The fourth-order valence-corrected chi connectivity index (χ4v) is 2.82. The molecule has 2 aromatic carbocycles. The first-order valence-corrected chi connectivity index (χ1v) is 6.80. The number of benzene rings is 2. The van der Waals surface area contributed by atoms with Crippen molar-refractivity contribution in [1.29, 1.82) is 0 Å². The predicted molar refractivity (Wildman–Crippen MR) is 69.2 cm³/mol. The van der Waals surface area contributed by atoms with Crippen LogP contribution in [0, 0.1) is 6.92 Å².